The standard InChI is InChI=1S/C18H25N3O3.ClH/c1-12-10-21(11-13(2)24-12)16(22)15-5-3-14(4-6-15)9-20-17(23)18(19)7-8-18;/h3-6,12-13H,7-11,19H2,1-2H3,(H,20,23);1H. The Labute approximate surface area is 154 Å². The zero-order valence-electron chi connectivity index (χ0n) is 14.7. The average Bonchev–Trinajstić information content (AvgIpc) is 3.30. The van der Waals surface area contributed by atoms with Gasteiger partial charge in [0, 0.05) is 25.2 Å². The van der Waals surface area contributed by atoms with Crippen LogP contribution in [0.2, 0.25) is 0 Å². The minimum atomic E-state index is -0.653. The Hall–Kier alpha value is -1.63. The molecule has 0 spiro atoms. The summed E-state index contributed by atoms with van der Waals surface area (Å²) < 4.78 is 5.66. The number of benzene rings is 1. The molecule has 2 aliphatic rings. The van der Waals surface area contributed by atoms with Gasteiger partial charge in [-0.25, -0.2) is 0 Å². The molecule has 2 amide bonds. The third kappa shape index (κ3) is 4.71. The van der Waals surface area contributed by atoms with Crippen molar-refractivity contribution in [2.45, 2.75) is 51.0 Å². The lowest BCUT2D eigenvalue weighted by atomic mass is 10.1. The van der Waals surface area contributed by atoms with Gasteiger partial charge >= 0.3 is 0 Å². The van der Waals surface area contributed by atoms with Gasteiger partial charge in [0.25, 0.3) is 5.91 Å². The van der Waals surface area contributed by atoms with Crippen LogP contribution in [0.15, 0.2) is 24.3 Å². The summed E-state index contributed by atoms with van der Waals surface area (Å²) in [6, 6.07) is 7.36. The molecule has 25 heavy (non-hydrogen) atoms. The Morgan fingerprint density at radius 3 is 2.28 bits per heavy atom. The van der Waals surface area contributed by atoms with Crippen molar-refractivity contribution in [1.29, 1.82) is 0 Å². The van der Waals surface area contributed by atoms with E-state index in [4.69, 9.17) is 10.5 Å². The highest BCUT2D eigenvalue weighted by Crippen LogP contribution is 2.32. The van der Waals surface area contributed by atoms with Gasteiger partial charge in [-0.3, -0.25) is 9.59 Å². The minimum Gasteiger partial charge on any atom is -0.372 e. The Balaban J connectivity index is 0.00000225. The van der Waals surface area contributed by atoms with Gasteiger partial charge in [0.05, 0.1) is 17.7 Å². The van der Waals surface area contributed by atoms with Crippen molar-refractivity contribution in [3.63, 3.8) is 0 Å². The second-order valence-corrected chi connectivity index (χ2v) is 7.00. The number of carbonyl (C=O) groups is 2. The van der Waals surface area contributed by atoms with Crippen LogP contribution in [-0.4, -0.2) is 47.6 Å². The molecule has 1 aliphatic carbocycles. The molecule has 1 aromatic rings. The van der Waals surface area contributed by atoms with Gasteiger partial charge in [0.15, 0.2) is 0 Å². The van der Waals surface area contributed by atoms with E-state index in [0.29, 0.717) is 25.2 Å². The summed E-state index contributed by atoms with van der Waals surface area (Å²) in [5.74, 6) is -0.0783. The van der Waals surface area contributed by atoms with Crippen LogP contribution in [0, 0.1) is 0 Å². The quantitative estimate of drug-likeness (QED) is 0.843. The predicted octanol–water partition coefficient (Wildman–Crippen LogP) is 1.47. The van der Waals surface area contributed by atoms with Crippen molar-refractivity contribution in [2.75, 3.05) is 13.1 Å². The van der Waals surface area contributed by atoms with Gasteiger partial charge in [-0.05, 0) is 44.4 Å². The van der Waals surface area contributed by atoms with Crippen LogP contribution < -0.4 is 11.1 Å². The van der Waals surface area contributed by atoms with Crippen LogP contribution >= 0.6 is 12.4 Å². The number of nitrogens with one attached hydrogen (secondary N) is 1. The van der Waals surface area contributed by atoms with Crippen LogP contribution in [0.5, 0.6) is 0 Å². The monoisotopic (exact) mass is 367 g/mol. The summed E-state index contributed by atoms with van der Waals surface area (Å²) in [6.07, 6.45) is 1.61. The van der Waals surface area contributed by atoms with Gasteiger partial charge in [-0.15, -0.1) is 12.4 Å². The number of carbonyl (C=O) groups excluding carboxylic acids is 2. The summed E-state index contributed by atoms with van der Waals surface area (Å²) in [4.78, 5) is 26.3. The van der Waals surface area contributed by atoms with Crippen LogP contribution in [-0.2, 0) is 16.1 Å². The van der Waals surface area contributed by atoms with Gasteiger partial charge < -0.3 is 20.7 Å². The second-order valence-electron chi connectivity index (χ2n) is 7.00. The molecule has 0 bridgehead atoms. The molecule has 3 N–H and O–H groups in total. The Kier molecular flexibility index (Phi) is 6.08. The van der Waals surface area contributed by atoms with Gasteiger partial charge in [-0.2, -0.15) is 0 Å². The van der Waals surface area contributed by atoms with Crippen molar-refractivity contribution in [1.82, 2.24) is 10.2 Å². The lowest BCUT2D eigenvalue weighted by molar-refractivity contribution is -0.123. The molecule has 2 fully saturated rings. The average molecular weight is 368 g/mol. The number of nitrogens with two attached hydrogens (primary N) is 1. The zero-order valence-corrected chi connectivity index (χ0v) is 15.5. The van der Waals surface area contributed by atoms with Crippen LogP contribution in [0.25, 0.3) is 0 Å². The maximum Gasteiger partial charge on any atom is 0.254 e. The summed E-state index contributed by atoms with van der Waals surface area (Å²) >= 11 is 0. The maximum absolute atomic E-state index is 12.6. The molecule has 0 aromatic heterocycles. The highest BCUT2D eigenvalue weighted by Gasteiger charge is 2.45. The van der Waals surface area contributed by atoms with Gasteiger partial charge in [-0.1, -0.05) is 12.1 Å². The molecule has 138 valence electrons. The van der Waals surface area contributed by atoms with Crippen molar-refractivity contribution in [3.05, 3.63) is 35.4 Å². The molecule has 0 radical (unpaired) electrons. The SMILES string of the molecule is CC1CN(C(=O)c2ccc(CNC(=O)C3(N)CC3)cc2)CC(C)O1.Cl. The molecular weight excluding hydrogens is 342 g/mol. The molecular formula is C18H26ClN3O3. The summed E-state index contributed by atoms with van der Waals surface area (Å²) in [5.41, 5.74) is 6.81. The number of nitrogens with zero attached hydrogens (tertiary/aromatic N) is 1. The molecule has 2 unspecified atom stereocenters. The molecule has 1 heterocycles. The van der Waals surface area contributed by atoms with E-state index in [1.807, 2.05) is 43.0 Å². The third-order valence-corrected chi connectivity index (χ3v) is 4.60. The van der Waals surface area contributed by atoms with Crippen molar-refractivity contribution in [3.8, 4) is 0 Å². The molecule has 6 nitrogen and oxygen atoms in total. The molecule has 1 saturated carbocycles. The number of hydrogen-bond acceptors (Lipinski definition) is 4. The number of rotatable bonds is 4. The molecule has 2 atom stereocenters. The molecule has 1 saturated heterocycles. The van der Waals surface area contributed by atoms with Crippen LogP contribution in [0.3, 0.4) is 0 Å². The number of ether oxygens (including phenoxy) is 1. The number of amides is 2. The molecule has 3 rings (SSSR count). The number of halogens is 1. The highest BCUT2D eigenvalue weighted by atomic mass is 35.5. The van der Waals surface area contributed by atoms with Crippen molar-refractivity contribution in [2.24, 2.45) is 5.73 Å². The zero-order chi connectivity index (χ0) is 17.3. The lowest BCUT2D eigenvalue weighted by Crippen LogP contribution is -2.48. The van der Waals surface area contributed by atoms with Gasteiger partial charge in [0.2, 0.25) is 5.91 Å². The van der Waals surface area contributed by atoms with E-state index in [0.717, 1.165) is 18.4 Å². The first-order valence-corrected chi connectivity index (χ1v) is 8.48. The molecule has 1 aromatic carbocycles. The van der Waals surface area contributed by atoms with Crippen molar-refractivity contribution >= 4 is 24.2 Å². The highest BCUT2D eigenvalue weighted by molar-refractivity contribution is 5.94. The fourth-order valence-corrected chi connectivity index (χ4v) is 3.01. The summed E-state index contributed by atoms with van der Waals surface area (Å²) in [7, 11) is 0. The molecule has 7 heteroatoms. The fraction of sp³-hybridized carbons (Fsp3) is 0.556. The first-order valence-electron chi connectivity index (χ1n) is 8.48. The lowest BCUT2D eigenvalue weighted by Gasteiger charge is -2.35. The second kappa shape index (κ2) is 7.72. The fourth-order valence-electron chi connectivity index (χ4n) is 3.01. The van der Waals surface area contributed by atoms with E-state index in [9.17, 15) is 9.59 Å². The number of hydrogen-bond donors (Lipinski definition) is 2. The van der Waals surface area contributed by atoms with E-state index < -0.39 is 5.54 Å². The normalized spacial score (nSPS) is 24.2. The summed E-state index contributed by atoms with van der Waals surface area (Å²) in [6.45, 7) is 5.61. The van der Waals surface area contributed by atoms with E-state index in [-0.39, 0.29) is 36.4 Å². The van der Waals surface area contributed by atoms with Crippen molar-refractivity contribution < 1.29 is 14.3 Å². The van der Waals surface area contributed by atoms with Gasteiger partial charge in [0.1, 0.15) is 0 Å². The predicted molar refractivity (Wildman–Crippen MR) is 97.6 cm³/mol. The Bertz CT molecular complexity index is 621. The Morgan fingerprint density at radius 1 is 1.20 bits per heavy atom. The van der Waals surface area contributed by atoms with E-state index in [1.54, 1.807) is 0 Å². The van der Waals surface area contributed by atoms with E-state index >= 15 is 0 Å². The number of morpholine rings is 1. The maximum atomic E-state index is 12.6. The largest absolute Gasteiger partial charge is 0.372 e. The first-order chi connectivity index (χ1) is 11.4. The summed E-state index contributed by atoms with van der Waals surface area (Å²) in [5, 5.41) is 2.85. The topological polar surface area (TPSA) is 84.7 Å². The molecule has 1 aliphatic heterocycles. The first kappa shape index (κ1) is 19.7. The Morgan fingerprint density at radius 2 is 1.76 bits per heavy atom. The minimum absolute atomic E-state index is 0. The van der Waals surface area contributed by atoms with E-state index in [2.05, 4.69) is 5.32 Å². The smallest absolute Gasteiger partial charge is 0.254 e. The third-order valence-electron chi connectivity index (χ3n) is 4.60. The van der Waals surface area contributed by atoms with E-state index in [1.165, 1.54) is 0 Å². The van der Waals surface area contributed by atoms with Crippen LogP contribution in [0.4, 0.5) is 0 Å². The van der Waals surface area contributed by atoms with Crippen LogP contribution in [0.1, 0.15) is 42.6 Å².